The van der Waals surface area contributed by atoms with Crippen LogP contribution >= 0.6 is 0 Å². The number of nitrogens with one attached hydrogen (secondary N) is 1. The zero-order valence-electron chi connectivity index (χ0n) is 9.84. The summed E-state index contributed by atoms with van der Waals surface area (Å²) in [5, 5.41) is 8.70. The Hall–Kier alpha value is -2.13. The first-order valence-corrected chi connectivity index (χ1v) is 5.16. The number of carbonyl (C=O) groups is 1. The van der Waals surface area contributed by atoms with Crippen LogP contribution in [-0.2, 0) is 0 Å². The zero-order chi connectivity index (χ0) is 12.8. The molecule has 0 spiro atoms. The quantitative estimate of drug-likeness (QED) is 0.586. The number of pyridine rings is 1. The van der Waals surface area contributed by atoms with Crippen molar-refractivity contribution in [2.45, 2.75) is 6.92 Å². The van der Waals surface area contributed by atoms with Crippen LogP contribution in [-0.4, -0.2) is 29.4 Å². The molecule has 0 aromatic carbocycles. The molecule has 0 aliphatic heterocycles. The van der Waals surface area contributed by atoms with Crippen molar-refractivity contribution in [1.82, 2.24) is 9.88 Å². The zero-order valence-corrected chi connectivity index (χ0v) is 9.84. The molecule has 1 unspecified atom stereocenters. The molecule has 1 rings (SSSR count). The average molecular weight is 233 g/mol. The SMILES string of the molecule is CC(C#N)CN(C)C(=O)c1cccnc1NN. The smallest absolute Gasteiger partial charge is 0.257 e. The normalized spacial score (nSPS) is 11.4. The highest BCUT2D eigenvalue weighted by molar-refractivity contribution is 5.98. The van der Waals surface area contributed by atoms with E-state index in [1.54, 1.807) is 32.3 Å². The summed E-state index contributed by atoms with van der Waals surface area (Å²) in [7, 11) is 1.64. The number of hydrogen-bond donors (Lipinski definition) is 2. The third-order valence-corrected chi connectivity index (χ3v) is 2.29. The Morgan fingerprint density at radius 3 is 3.06 bits per heavy atom. The fourth-order valence-corrected chi connectivity index (χ4v) is 1.43. The second kappa shape index (κ2) is 5.82. The summed E-state index contributed by atoms with van der Waals surface area (Å²) in [5.41, 5.74) is 2.77. The van der Waals surface area contributed by atoms with Crippen LogP contribution in [0.5, 0.6) is 0 Å². The Balaban J connectivity index is 2.86. The molecule has 1 aromatic rings. The molecule has 0 radical (unpaired) electrons. The molecule has 6 nitrogen and oxygen atoms in total. The second-order valence-corrected chi connectivity index (χ2v) is 3.76. The number of rotatable bonds is 4. The number of hydrazine groups is 1. The first kappa shape index (κ1) is 12.9. The van der Waals surface area contributed by atoms with Crippen LogP contribution < -0.4 is 11.3 Å². The topological polar surface area (TPSA) is 95.0 Å². The summed E-state index contributed by atoms with van der Waals surface area (Å²) in [6, 6.07) is 5.38. The predicted molar refractivity (Wildman–Crippen MR) is 63.8 cm³/mol. The number of aromatic nitrogens is 1. The van der Waals surface area contributed by atoms with E-state index in [2.05, 4.69) is 16.5 Å². The number of nitrogen functional groups attached to an aromatic ring is 1. The molecule has 0 fully saturated rings. The van der Waals surface area contributed by atoms with Gasteiger partial charge in [-0.15, -0.1) is 0 Å². The van der Waals surface area contributed by atoms with Crippen molar-refractivity contribution >= 4 is 11.7 Å². The molecule has 0 bridgehead atoms. The number of carbonyl (C=O) groups excluding carboxylic acids is 1. The molecule has 1 atom stereocenters. The largest absolute Gasteiger partial charge is 0.340 e. The van der Waals surface area contributed by atoms with Gasteiger partial charge in [-0.05, 0) is 19.1 Å². The van der Waals surface area contributed by atoms with Gasteiger partial charge in [0.1, 0.15) is 0 Å². The van der Waals surface area contributed by atoms with Gasteiger partial charge in [0.05, 0.1) is 17.6 Å². The highest BCUT2D eigenvalue weighted by Crippen LogP contribution is 2.13. The first-order valence-electron chi connectivity index (χ1n) is 5.16. The Kier molecular flexibility index (Phi) is 4.43. The molecule has 0 aliphatic rings. The number of hydrogen-bond acceptors (Lipinski definition) is 5. The second-order valence-electron chi connectivity index (χ2n) is 3.76. The average Bonchev–Trinajstić information content (AvgIpc) is 2.37. The monoisotopic (exact) mass is 233 g/mol. The minimum Gasteiger partial charge on any atom is -0.340 e. The molecule has 0 saturated carbocycles. The number of nitrogens with zero attached hydrogens (tertiary/aromatic N) is 3. The van der Waals surface area contributed by atoms with Gasteiger partial charge in [0.2, 0.25) is 0 Å². The molecule has 90 valence electrons. The van der Waals surface area contributed by atoms with E-state index in [1.165, 1.54) is 4.90 Å². The Morgan fingerprint density at radius 1 is 1.76 bits per heavy atom. The van der Waals surface area contributed by atoms with E-state index in [1.807, 2.05) is 0 Å². The maximum Gasteiger partial charge on any atom is 0.257 e. The molecule has 0 aliphatic carbocycles. The highest BCUT2D eigenvalue weighted by Gasteiger charge is 2.17. The fourth-order valence-electron chi connectivity index (χ4n) is 1.43. The van der Waals surface area contributed by atoms with Crippen LogP contribution in [0, 0.1) is 17.2 Å². The predicted octanol–water partition coefficient (Wildman–Crippen LogP) is 0.599. The van der Waals surface area contributed by atoms with E-state index in [0.29, 0.717) is 17.9 Å². The summed E-state index contributed by atoms with van der Waals surface area (Å²) in [5.74, 6) is 5.18. The summed E-state index contributed by atoms with van der Waals surface area (Å²) >= 11 is 0. The summed E-state index contributed by atoms with van der Waals surface area (Å²) in [6.07, 6.45) is 1.55. The van der Waals surface area contributed by atoms with Gasteiger partial charge in [-0.2, -0.15) is 5.26 Å². The number of nitrogens with two attached hydrogens (primary N) is 1. The Bertz CT molecular complexity index is 440. The molecule has 6 heteroatoms. The van der Waals surface area contributed by atoms with Crippen molar-refractivity contribution < 1.29 is 4.79 Å². The Morgan fingerprint density at radius 2 is 2.47 bits per heavy atom. The van der Waals surface area contributed by atoms with E-state index < -0.39 is 0 Å². The van der Waals surface area contributed by atoms with Gasteiger partial charge < -0.3 is 10.3 Å². The molecular formula is C11H15N5O. The van der Waals surface area contributed by atoms with E-state index in [4.69, 9.17) is 11.1 Å². The maximum absolute atomic E-state index is 12.1. The first-order chi connectivity index (χ1) is 8.10. The van der Waals surface area contributed by atoms with Gasteiger partial charge in [0, 0.05) is 19.8 Å². The van der Waals surface area contributed by atoms with E-state index >= 15 is 0 Å². The van der Waals surface area contributed by atoms with Gasteiger partial charge in [0.25, 0.3) is 5.91 Å². The van der Waals surface area contributed by atoms with Crippen LogP contribution in [0.25, 0.3) is 0 Å². The number of anilines is 1. The van der Waals surface area contributed by atoms with Crippen LogP contribution in [0.4, 0.5) is 5.82 Å². The minimum absolute atomic E-state index is 0.213. The minimum atomic E-state index is -0.215. The van der Waals surface area contributed by atoms with Crippen LogP contribution in [0.3, 0.4) is 0 Å². The van der Waals surface area contributed by atoms with Crippen LogP contribution in [0.2, 0.25) is 0 Å². The summed E-state index contributed by atoms with van der Waals surface area (Å²) in [6.45, 7) is 2.13. The molecular weight excluding hydrogens is 218 g/mol. The third-order valence-electron chi connectivity index (χ3n) is 2.29. The number of amides is 1. The van der Waals surface area contributed by atoms with Crippen molar-refractivity contribution in [2.24, 2.45) is 11.8 Å². The molecule has 1 aromatic heterocycles. The highest BCUT2D eigenvalue weighted by atomic mass is 16.2. The lowest BCUT2D eigenvalue weighted by atomic mass is 10.1. The lowest BCUT2D eigenvalue weighted by Gasteiger charge is -2.19. The van der Waals surface area contributed by atoms with Crippen LogP contribution in [0.1, 0.15) is 17.3 Å². The van der Waals surface area contributed by atoms with Crippen molar-refractivity contribution in [3.8, 4) is 6.07 Å². The molecule has 3 N–H and O–H groups in total. The molecule has 17 heavy (non-hydrogen) atoms. The van der Waals surface area contributed by atoms with Crippen molar-refractivity contribution in [3.05, 3.63) is 23.9 Å². The summed E-state index contributed by atoms with van der Waals surface area (Å²) < 4.78 is 0. The Labute approximate surface area is 100 Å². The van der Waals surface area contributed by atoms with Gasteiger partial charge >= 0.3 is 0 Å². The van der Waals surface area contributed by atoms with Crippen molar-refractivity contribution in [1.29, 1.82) is 5.26 Å². The molecule has 1 heterocycles. The van der Waals surface area contributed by atoms with E-state index in [0.717, 1.165) is 0 Å². The van der Waals surface area contributed by atoms with E-state index in [-0.39, 0.29) is 11.8 Å². The third kappa shape index (κ3) is 3.16. The summed E-state index contributed by atoms with van der Waals surface area (Å²) in [4.78, 5) is 17.5. The van der Waals surface area contributed by atoms with E-state index in [9.17, 15) is 4.79 Å². The van der Waals surface area contributed by atoms with Gasteiger partial charge in [0.15, 0.2) is 5.82 Å². The number of nitriles is 1. The van der Waals surface area contributed by atoms with Crippen molar-refractivity contribution in [3.63, 3.8) is 0 Å². The van der Waals surface area contributed by atoms with Crippen LogP contribution in [0.15, 0.2) is 18.3 Å². The lowest BCUT2D eigenvalue weighted by molar-refractivity contribution is 0.0785. The maximum atomic E-state index is 12.1. The molecule has 1 amide bonds. The lowest BCUT2D eigenvalue weighted by Crippen LogP contribution is -2.31. The van der Waals surface area contributed by atoms with Gasteiger partial charge in [-0.1, -0.05) is 0 Å². The van der Waals surface area contributed by atoms with Gasteiger partial charge in [-0.25, -0.2) is 10.8 Å². The standard InChI is InChI=1S/C11H15N5O/c1-8(6-12)7-16(2)11(17)9-4-3-5-14-10(9)15-13/h3-5,8H,7,13H2,1-2H3,(H,14,15). The fraction of sp³-hybridized carbons (Fsp3) is 0.364. The van der Waals surface area contributed by atoms with Gasteiger partial charge in [-0.3, -0.25) is 4.79 Å². The van der Waals surface area contributed by atoms with Crippen molar-refractivity contribution in [2.75, 3.05) is 19.0 Å². The molecule has 0 saturated heterocycles.